The first-order valence-electron chi connectivity index (χ1n) is 8.06. The van der Waals surface area contributed by atoms with Crippen LogP contribution in [0.3, 0.4) is 0 Å². The second-order valence-corrected chi connectivity index (χ2v) is 4.35. The second-order valence-electron chi connectivity index (χ2n) is 4.35. The van der Waals surface area contributed by atoms with Gasteiger partial charge in [-0.05, 0) is 23.5 Å². The lowest BCUT2D eigenvalue weighted by molar-refractivity contribution is 0.842. The van der Waals surface area contributed by atoms with E-state index in [0.29, 0.717) is 5.92 Å². The number of allylic oxidation sites excluding steroid dienone is 7. The lowest BCUT2D eigenvalue weighted by Gasteiger charge is -2.10. The number of hydrogen-bond donors (Lipinski definition) is 0. The van der Waals surface area contributed by atoms with E-state index in [2.05, 4.69) is 62.1 Å². The molecule has 0 saturated heterocycles. The van der Waals surface area contributed by atoms with Crippen molar-refractivity contribution in [3.63, 3.8) is 0 Å². The molecule has 21 heavy (non-hydrogen) atoms. The van der Waals surface area contributed by atoms with E-state index in [9.17, 15) is 0 Å². The van der Waals surface area contributed by atoms with Gasteiger partial charge in [0.15, 0.2) is 0 Å². The molecule has 1 aromatic carbocycles. The molecule has 0 amide bonds. The summed E-state index contributed by atoms with van der Waals surface area (Å²) in [6.07, 6.45) is 11.9. The van der Waals surface area contributed by atoms with Crippen LogP contribution in [0.1, 0.15) is 46.6 Å². The third-order valence-corrected chi connectivity index (χ3v) is 3.14. The van der Waals surface area contributed by atoms with Gasteiger partial charge in [0, 0.05) is 0 Å². The van der Waals surface area contributed by atoms with Crippen LogP contribution in [0.15, 0.2) is 72.9 Å². The van der Waals surface area contributed by atoms with Gasteiger partial charge >= 0.3 is 0 Å². The fraction of sp³-hybridized carbons (Fsp3) is 0.333. The van der Waals surface area contributed by atoms with Crippen LogP contribution >= 0.6 is 0 Å². The molecule has 2 rings (SSSR count). The van der Waals surface area contributed by atoms with E-state index in [0.717, 1.165) is 6.42 Å². The third-order valence-electron chi connectivity index (χ3n) is 3.14. The zero-order valence-electron chi connectivity index (χ0n) is 14.3. The first kappa shape index (κ1) is 19.2. The highest BCUT2D eigenvalue weighted by Crippen LogP contribution is 2.25. The molecule has 1 aliphatic carbocycles. The predicted octanol–water partition coefficient (Wildman–Crippen LogP) is 6.83. The van der Waals surface area contributed by atoms with Gasteiger partial charge in [0.1, 0.15) is 0 Å². The lowest BCUT2D eigenvalue weighted by Crippen LogP contribution is -1.94. The third kappa shape index (κ3) is 6.44. The summed E-state index contributed by atoms with van der Waals surface area (Å²) in [6.45, 7) is 14.2. The van der Waals surface area contributed by atoms with E-state index >= 15 is 0 Å². The quantitative estimate of drug-likeness (QED) is 0.531. The molecule has 0 saturated carbocycles. The van der Waals surface area contributed by atoms with Gasteiger partial charge in [-0.15, -0.1) is 0 Å². The van der Waals surface area contributed by atoms with Gasteiger partial charge in [0.2, 0.25) is 0 Å². The van der Waals surface area contributed by atoms with Crippen LogP contribution in [0.25, 0.3) is 5.57 Å². The zero-order chi connectivity index (χ0) is 16.1. The maximum Gasteiger partial charge on any atom is -0.00362 e. The topological polar surface area (TPSA) is 0 Å². The fourth-order valence-electron chi connectivity index (χ4n) is 2.09. The molecule has 0 radical (unpaired) electrons. The van der Waals surface area contributed by atoms with Crippen LogP contribution in [0.2, 0.25) is 0 Å². The Hall–Kier alpha value is -1.82. The van der Waals surface area contributed by atoms with Gasteiger partial charge < -0.3 is 0 Å². The van der Waals surface area contributed by atoms with Crippen molar-refractivity contribution in [1.29, 1.82) is 0 Å². The van der Waals surface area contributed by atoms with Gasteiger partial charge in [0.05, 0.1) is 0 Å². The van der Waals surface area contributed by atoms with Crippen molar-refractivity contribution in [3.8, 4) is 0 Å². The molecule has 1 aliphatic rings. The van der Waals surface area contributed by atoms with Crippen molar-refractivity contribution in [2.75, 3.05) is 0 Å². The maximum atomic E-state index is 3.91. The summed E-state index contributed by atoms with van der Waals surface area (Å²) < 4.78 is 0. The predicted molar refractivity (Wildman–Crippen MR) is 98.3 cm³/mol. The van der Waals surface area contributed by atoms with Gasteiger partial charge in [-0.2, -0.15) is 0 Å². The van der Waals surface area contributed by atoms with E-state index in [-0.39, 0.29) is 0 Å². The Balaban J connectivity index is 0.000000921. The van der Waals surface area contributed by atoms with Gasteiger partial charge in [-0.25, -0.2) is 0 Å². The van der Waals surface area contributed by atoms with Gasteiger partial charge in [0.25, 0.3) is 0 Å². The van der Waals surface area contributed by atoms with E-state index in [1.165, 1.54) is 16.7 Å². The van der Waals surface area contributed by atoms with E-state index < -0.39 is 0 Å². The average Bonchev–Trinajstić information content (AvgIpc) is 3.11. The Morgan fingerprint density at radius 2 is 1.71 bits per heavy atom. The number of rotatable bonds is 4. The van der Waals surface area contributed by atoms with Crippen molar-refractivity contribution in [1.82, 2.24) is 0 Å². The highest BCUT2D eigenvalue weighted by molar-refractivity contribution is 5.73. The van der Waals surface area contributed by atoms with Gasteiger partial charge in [-0.1, -0.05) is 107 Å². The molecule has 0 spiro atoms. The summed E-state index contributed by atoms with van der Waals surface area (Å²) in [7, 11) is 0. The largest absolute Gasteiger partial charge is 0.0985 e. The highest BCUT2D eigenvalue weighted by atomic mass is 14.1. The Bertz CT molecular complexity index is 472. The SMILES string of the molecule is C=C/C(=C\C(C)C1=CC=CC1)c1ccccc1.CC.CC. The Labute approximate surface area is 131 Å². The molecular weight excluding hydrogens is 252 g/mol. The molecule has 0 N–H and O–H groups in total. The molecular formula is C21H30. The minimum absolute atomic E-state index is 0.471. The summed E-state index contributed by atoms with van der Waals surface area (Å²) in [5.74, 6) is 0.471. The molecule has 0 heteroatoms. The van der Waals surface area contributed by atoms with Gasteiger partial charge in [-0.3, -0.25) is 0 Å². The fourth-order valence-corrected chi connectivity index (χ4v) is 2.09. The normalized spacial score (nSPS) is 14.1. The molecule has 0 fully saturated rings. The zero-order valence-corrected chi connectivity index (χ0v) is 14.3. The van der Waals surface area contributed by atoms with Crippen molar-refractivity contribution >= 4 is 5.57 Å². The average molecular weight is 282 g/mol. The minimum atomic E-state index is 0.471. The number of hydrogen-bond acceptors (Lipinski definition) is 0. The van der Waals surface area contributed by atoms with Crippen molar-refractivity contribution in [2.45, 2.75) is 41.0 Å². The summed E-state index contributed by atoms with van der Waals surface area (Å²) in [6, 6.07) is 10.4. The van der Waals surface area contributed by atoms with Crippen LogP contribution in [0.5, 0.6) is 0 Å². The summed E-state index contributed by atoms with van der Waals surface area (Å²) >= 11 is 0. The van der Waals surface area contributed by atoms with Crippen LogP contribution in [-0.4, -0.2) is 0 Å². The standard InChI is InChI=1S/C17H18.2C2H6/c1-3-15(17-11-5-4-6-12-17)13-14(2)16-9-7-8-10-16;2*1-2/h3-9,11-14H,1,10H2,2H3;2*1-2H3/b15-13+;;. The highest BCUT2D eigenvalue weighted by Gasteiger charge is 2.08. The van der Waals surface area contributed by atoms with Crippen molar-refractivity contribution < 1.29 is 0 Å². The smallest absolute Gasteiger partial charge is 0.00362 e. The van der Waals surface area contributed by atoms with E-state index in [1.54, 1.807) is 0 Å². The van der Waals surface area contributed by atoms with Crippen LogP contribution in [0, 0.1) is 5.92 Å². The second kappa shape index (κ2) is 12.0. The van der Waals surface area contributed by atoms with Crippen molar-refractivity contribution in [3.05, 3.63) is 78.4 Å². The first-order chi connectivity index (χ1) is 10.3. The molecule has 0 aromatic heterocycles. The summed E-state index contributed by atoms with van der Waals surface area (Å²) in [5, 5.41) is 0. The van der Waals surface area contributed by atoms with E-state index in [4.69, 9.17) is 0 Å². The summed E-state index contributed by atoms with van der Waals surface area (Å²) in [4.78, 5) is 0. The molecule has 1 atom stereocenters. The Morgan fingerprint density at radius 3 is 2.19 bits per heavy atom. The monoisotopic (exact) mass is 282 g/mol. The first-order valence-corrected chi connectivity index (χ1v) is 8.06. The van der Waals surface area contributed by atoms with E-state index in [1.807, 2.05) is 39.8 Å². The van der Waals surface area contributed by atoms with Crippen LogP contribution in [-0.2, 0) is 0 Å². The Kier molecular flexibility index (Phi) is 10.9. The molecule has 114 valence electrons. The Morgan fingerprint density at radius 1 is 1.10 bits per heavy atom. The lowest BCUT2D eigenvalue weighted by atomic mass is 9.95. The molecule has 0 nitrogen and oxygen atoms in total. The number of benzene rings is 1. The molecule has 0 aliphatic heterocycles. The minimum Gasteiger partial charge on any atom is -0.0985 e. The molecule has 0 heterocycles. The molecule has 1 aromatic rings. The maximum absolute atomic E-state index is 3.91. The van der Waals surface area contributed by atoms with Crippen LogP contribution < -0.4 is 0 Å². The van der Waals surface area contributed by atoms with Crippen molar-refractivity contribution in [2.24, 2.45) is 5.92 Å². The molecule has 0 bridgehead atoms. The van der Waals surface area contributed by atoms with Crippen LogP contribution in [0.4, 0.5) is 0 Å². The summed E-state index contributed by atoms with van der Waals surface area (Å²) in [5.41, 5.74) is 3.92. The molecule has 1 unspecified atom stereocenters.